The molecule has 0 saturated heterocycles. The maximum absolute atomic E-state index is 5.63. The number of unbranched alkanes of at least 4 members (excludes halogenated alkanes) is 1. The molecule has 0 radical (unpaired) electrons. The molecule has 0 aromatic heterocycles. The maximum Gasteiger partial charge on any atom is 0.0768 e. The van der Waals surface area contributed by atoms with E-state index in [0.717, 1.165) is 12.5 Å². The molecule has 16 heavy (non-hydrogen) atoms. The van der Waals surface area contributed by atoms with Crippen LogP contribution in [0.3, 0.4) is 0 Å². The molecule has 2 unspecified atom stereocenters. The Labute approximate surface area is 107 Å². The number of nitrogens with two attached hydrogens (primary N) is 1. The molecule has 96 valence electrons. The van der Waals surface area contributed by atoms with E-state index in [0.29, 0.717) is 10.9 Å². The van der Waals surface area contributed by atoms with Crippen molar-refractivity contribution >= 4 is 17.2 Å². The van der Waals surface area contributed by atoms with E-state index in [-0.39, 0.29) is 0 Å². The Morgan fingerprint density at radius 2 is 1.94 bits per heavy atom. The molecule has 0 spiro atoms. The molecule has 0 amide bonds. The van der Waals surface area contributed by atoms with Crippen LogP contribution in [0.2, 0.25) is 0 Å². The highest BCUT2D eigenvalue weighted by molar-refractivity contribution is 7.80. The molecular weight excluding hydrogens is 216 g/mol. The molecule has 2 nitrogen and oxygen atoms in total. The summed E-state index contributed by atoms with van der Waals surface area (Å²) in [6.07, 6.45) is 5.26. The van der Waals surface area contributed by atoms with Crippen LogP contribution in [0.15, 0.2) is 0 Å². The van der Waals surface area contributed by atoms with Gasteiger partial charge in [-0.2, -0.15) is 0 Å². The Morgan fingerprint density at radius 1 is 1.31 bits per heavy atom. The normalized spacial score (nSPS) is 15.1. The van der Waals surface area contributed by atoms with Crippen molar-refractivity contribution in [3.05, 3.63) is 0 Å². The Morgan fingerprint density at radius 3 is 2.38 bits per heavy atom. The molecule has 0 aromatic carbocycles. The van der Waals surface area contributed by atoms with Crippen molar-refractivity contribution in [3.63, 3.8) is 0 Å². The molecule has 0 bridgehead atoms. The Bertz CT molecular complexity index is 194. The largest absolute Gasteiger partial charge is 0.393 e. The summed E-state index contributed by atoms with van der Waals surface area (Å²) in [5.41, 5.74) is 5.63. The second-order valence-electron chi connectivity index (χ2n) is 4.94. The van der Waals surface area contributed by atoms with Crippen LogP contribution in [-0.2, 0) is 0 Å². The minimum absolute atomic E-state index is 0.323. The van der Waals surface area contributed by atoms with E-state index in [1.807, 2.05) is 0 Å². The maximum atomic E-state index is 5.63. The van der Waals surface area contributed by atoms with E-state index in [1.165, 1.54) is 32.2 Å². The van der Waals surface area contributed by atoms with Crippen LogP contribution in [0.1, 0.15) is 46.5 Å². The molecule has 0 rings (SSSR count). The third-order valence-electron chi connectivity index (χ3n) is 3.18. The zero-order valence-corrected chi connectivity index (χ0v) is 12.1. The van der Waals surface area contributed by atoms with Gasteiger partial charge in [0.05, 0.1) is 4.99 Å². The van der Waals surface area contributed by atoms with Crippen molar-refractivity contribution in [2.45, 2.75) is 46.5 Å². The minimum Gasteiger partial charge on any atom is -0.393 e. The smallest absolute Gasteiger partial charge is 0.0768 e. The van der Waals surface area contributed by atoms with Crippen molar-refractivity contribution in [2.24, 2.45) is 17.6 Å². The molecule has 0 aliphatic heterocycles. The van der Waals surface area contributed by atoms with Crippen LogP contribution in [0.5, 0.6) is 0 Å². The summed E-state index contributed by atoms with van der Waals surface area (Å²) in [7, 11) is 2.17. The number of rotatable bonds is 9. The van der Waals surface area contributed by atoms with Gasteiger partial charge in [0.25, 0.3) is 0 Å². The average molecular weight is 244 g/mol. The number of hydrogen-bond acceptors (Lipinski definition) is 2. The van der Waals surface area contributed by atoms with Crippen LogP contribution >= 0.6 is 12.2 Å². The summed E-state index contributed by atoms with van der Waals surface area (Å²) in [5.74, 6) is 1.15. The second kappa shape index (κ2) is 8.94. The van der Waals surface area contributed by atoms with Crippen molar-refractivity contribution in [2.75, 3.05) is 20.1 Å². The highest BCUT2D eigenvalue weighted by atomic mass is 32.1. The van der Waals surface area contributed by atoms with Gasteiger partial charge in [0.1, 0.15) is 0 Å². The Balaban J connectivity index is 3.90. The third kappa shape index (κ3) is 7.18. The van der Waals surface area contributed by atoms with Crippen LogP contribution in [0, 0.1) is 11.8 Å². The lowest BCUT2D eigenvalue weighted by atomic mass is 9.98. The first-order chi connectivity index (χ1) is 7.51. The lowest BCUT2D eigenvalue weighted by Crippen LogP contribution is -2.34. The summed E-state index contributed by atoms with van der Waals surface area (Å²) in [5, 5.41) is 0. The van der Waals surface area contributed by atoms with Gasteiger partial charge in [0, 0.05) is 19.0 Å². The predicted molar refractivity (Wildman–Crippen MR) is 76.8 cm³/mol. The fourth-order valence-corrected chi connectivity index (χ4v) is 2.06. The van der Waals surface area contributed by atoms with E-state index in [1.54, 1.807) is 0 Å². The first-order valence-electron chi connectivity index (χ1n) is 6.49. The van der Waals surface area contributed by atoms with E-state index in [4.69, 9.17) is 18.0 Å². The van der Waals surface area contributed by atoms with Gasteiger partial charge < -0.3 is 10.6 Å². The first kappa shape index (κ1) is 15.9. The van der Waals surface area contributed by atoms with Gasteiger partial charge in [0.2, 0.25) is 0 Å². The topological polar surface area (TPSA) is 29.3 Å². The van der Waals surface area contributed by atoms with E-state index >= 15 is 0 Å². The van der Waals surface area contributed by atoms with Gasteiger partial charge in [-0.05, 0) is 19.4 Å². The lowest BCUT2D eigenvalue weighted by molar-refractivity contribution is 0.248. The summed E-state index contributed by atoms with van der Waals surface area (Å²) < 4.78 is 0. The molecule has 0 aliphatic carbocycles. The Kier molecular flexibility index (Phi) is 8.86. The van der Waals surface area contributed by atoms with Gasteiger partial charge in [-0.1, -0.05) is 52.3 Å². The average Bonchev–Trinajstić information content (AvgIpc) is 2.23. The molecule has 2 N–H and O–H groups in total. The highest BCUT2D eigenvalue weighted by Gasteiger charge is 2.13. The fourth-order valence-electron chi connectivity index (χ4n) is 1.99. The number of thiocarbonyl (C=S) groups is 1. The number of nitrogens with zero attached hydrogens (tertiary/aromatic N) is 1. The second-order valence-corrected chi connectivity index (χ2v) is 5.41. The van der Waals surface area contributed by atoms with Gasteiger partial charge in [-0.25, -0.2) is 0 Å². The Hall–Kier alpha value is -0.150. The minimum atomic E-state index is 0.323. The van der Waals surface area contributed by atoms with Gasteiger partial charge in [0.15, 0.2) is 0 Å². The molecule has 0 saturated carbocycles. The number of hydrogen-bond donors (Lipinski definition) is 1. The highest BCUT2D eigenvalue weighted by Crippen LogP contribution is 2.14. The van der Waals surface area contributed by atoms with E-state index < -0.39 is 0 Å². The summed E-state index contributed by atoms with van der Waals surface area (Å²) >= 11 is 5.00. The SMILES string of the molecule is CCCCC(CC)CN(C)CC(C)C(N)=S. The lowest BCUT2D eigenvalue weighted by Gasteiger charge is -2.25. The molecule has 0 fully saturated rings. The molecular formula is C13H28N2S. The molecule has 2 atom stereocenters. The van der Waals surface area contributed by atoms with Gasteiger partial charge in [-0.15, -0.1) is 0 Å². The summed E-state index contributed by atoms with van der Waals surface area (Å²) in [4.78, 5) is 3.00. The van der Waals surface area contributed by atoms with E-state index in [9.17, 15) is 0 Å². The first-order valence-corrected chi connectivity index (χ1v) is 6.89. The van der Waals surface area contributed by atoms with Crippen LogP contribution in [0.4, 0.5) is 0 Å². The quantitative estimate of drug-likeness (QED) is 0.632. The monoisotopic (exact) mass is 244 g/mol. The third-order valence-corrected chi connectivity index (χ3v) is 3.59. The molecule has 0 aromatic rings. The fraction of sp³-hybridized carbons (Fsp3) is 0.923. The van der Waals surface area contributed by atoms with Gasteiger partial charge >= 0.3 is 0 Å². The zero-order chi connectivity index (χ0) is 12.6. The van der Waals surface area contributed by atoms with Crippen LogP contribution in [0.25, 0.3) is 0 Å². The molecule has 0 heterocycles. The van der Waals surface area contributed by atoms with E-state index in [2.05, 4.69) is 32.7 Å². The zero-order valence-electron chi connectivity index (χ0n) is 11.3. The van der Waals surface area contributed by atoms with Crippen molar-refractivity contribution in [3.8, 4) is 0 Å². The summed E-state index contributed by atoms with van der Waals surface area (Å²) in [6.45, 7) is 8.80. The van der Waals surface area contributed by atoms with Gasteiger partial charge in [-0.3, -0.25) is 0 Å². The molecule has 3 heteroatoms. The van der Waals surface area contributed by atoms with Crippen molar-refractivity contribution < 1.29 is 0 Å². The summed E-state index contributed by atoms with van der Waals surface area (Å²) in [6, 6.07) is 0. The standard InChI is InChI=1S/C13H28N2S/c1-5-7-8-12(6-2)10-15(4)9-11(3)13(14)16/h11-12H,5-10H2,1-4H3,(H2,14,16). The van der Waals surface area contributed by atoms with Crippen molar-refractivity contribution in [1.29, 1.82) is 0 Å². The van der Waals surface area contributed by atoms with Crippen LogP contribution < -0.4 is 5.73 Å². The van der Waals surface area contributed by atoms with Crippen LogP contribution in [-0.4, -0.2) is 30.0 Å². The van der Waals surface area contributed by atoms with Crippen molar-refractivity contribution in [1.82, 2.24) is 4.90 Å². The molecule has 0 aliphatic rings. The predicted octanol–water partition coefficient (Wildman–Crippen LogP) is 3.06.